The summed E-state index contributed by atoms with van der Waals surface area (Å²) in [7, 11) is 0. The molecule has 0 nitrogen and oxygen atoms in total. The van der Waals surface area contributed by atoms with Crippen LogP contribution in [0.4, 0.5) is 0 Å². The number of rotatable bonds is 4. The molecule has 0 saturated heterocycles. The predicted octanol–water partition coefficient (Wildman–Crippen LogP) is 5.91. The lowest BCUT2D eigenvalue weighted by Gasteiger charge is -2.22. The fourth-order valence-corrected chi connectivity index (χ4v) is 1.70. The van der Waals surface area contributed by atoms with Gasteiger partial charge in [0.15, 0.2) is 0 Å². The van der Waals surface area contributed by atoms with E-state index in [4.69, 9.17) is 0 Å². The predicted molar refractivity (Wildman–Crippen MR) is 70.8 cm³/mol. The quantitative estimate of drug-likeness (QED) is 0.531. The average molecular weight is 202 g/mol. The van der Waals surface area contributed by atoms with Crippen molar-refractivity contribution < 1.29 is 0 Å². The Bertz CT molecular complexity index is 86.7. The second kappa shape index (κ2) is 11.1. The summed E-state index contributed by atoms with van der Waals surface area (Å²) >= 11 is 0. The molecule has 0 heterocycles. The van der Waals surface area contributed by atoms with E-state index < -0.39 is 0 Å². The molecule has 0 amide bonds. The summed E-state index contributed by atoms with van der Waals surface area (Å²) in [4.78, 5) is 0. The van der Waals surface area contributed by atoms with Crippen LogP contribution in [0.3, 0.4) is 0 Å². The molecular formula is C14H34. The highest BCUT2D eigenvalue weighted by molar-refractivity contribution is 4.65. The fraction of sp³-hybridized carbons (Fsp3) is 1.00. The molecule has 0 radical (unpaired) electrons. The first kappa shape index (κ1) is 19.6. The molecule has 0 aromatic rings. The van der Waals surface area contributed by atoms with Gasteiger partial charge in [-0.1, -0.05) is 75.2 Å². The van der Waals surface area contributed by atoms with Crippen LogP contribution in [0.15, 0.2) is 0 Å². The molecule has 0 heteroatoms. The molecule has 1 unspecified atom stereocenters. The van der Waals surface area contributed by atoms with E-state index in [2.05, 4.69) is 34.6 Å². The van der Waals surface area contributed by atoms with Gasteiger partial charge in [0.1, 0.15) is 0 Å². The highest BCUT2D eigenvalue weighted by Gasteiger charge is 2.14. The van der Waals surface area contributed by atoms with E-state index in [1.54, 1.807) is 0 Å². The molecule has 0 aromatic carbocycles. The van der Waals surface area contributed by atoms with E-state index in [0.29, 0.717) is 5.41 Å². The zero-order valence-corrected chi connectivity index (χ0v) is 10.9. The molecule has 0 bridgehead atoms. The molecule has 0 aliphatic carbocycles. The topological polar surface area (TPSA) is 0 Å². The van der Waals surface area contributed by atoms with E-state index in [0.717, 1.165) is 5.92 Å². The molecule has 0 saturated carbocycles. The van der Waals surface area contributed by atoms with E-state index in [1.807, 2.05) is 13.8 Å². The summed E-state index contributed by atoms with van der Waals surface area (Å²) in [5.74, 6) is 0.912. The molecule has 0 aliphatic heterocycles. The van der Waals surface area contributed by atoms with Gasteiger partial charge in [-0.15, -0.1) is 0 Å². The molecule has 0 aromatic heterocycles. The van der Waals surface area contributed by atoms with Crippen LogP contribution < -0.4 is 0 Å². The van der Waals surface area contributed by atoms with Gasteiger partial charge in [-0.3, -0.25) is 0 Å². The minimum Gasteiger partial charge on any atom is -0.0776 e. The van der Waals surface area contributed by atoms with Crippen molar-refractivity contribution in [3.63, 3.8) is 0 Å². The Morgan fingerprint density at radius 3 is 1.79 bits per heavy atom. The Labute approximate surface area is 93.5 Å². The van der Waals surface area contributed by atoms with Gasteiger partial charge in [-0.25, -0.2) is 0 Å². The summed E-state index contributed by atoms with van der Waals surface area (Å²) < 4.78 is 0. The van der Waals surface area contributed by atoms with Crippen LogP contribution in [0.25, 0.3) is 0 Å². The Hall–Kier alpha value is 0. The minimum absolute atomic E-state index is 0. The van der Waals surface area contributed by atoms with E-state index in [-0.39, 0.29) is 7.43 Å². The zero-order valence-electron chi connectivity index (χ0n) is 10.9. The molecule has 0 aliphatic rings. The Morgan fingerprint density at radius 1 is 1.07 bits per heavy atom. The third-order valence-corrected chi connectivity index (χ3v) is 2.01. The van der Waals surface area contributed by atoms with Crippen LogP contribution in [0.2, 0.25) is 0 Å². The zero-order chi connectivity index (χ0) is 10.9. The summed E-state index contributed by atoms with van der Waals surface area (Å²) in [5, 5.41) is 0. The Kier molecular flexibility index (Phi) is 15.5. The number of hydrogen-bond donors (Lipinski definition) is 0. The summed E-state index contributed by atoms with van der Waals surface area (Å²) in [5.41, 5.74) is 0.521. The average Bonchev–Trinajstić information content (AvgIpc) is 2.01. The third-order valence-electron chi connectivity index (χ3n) is 2.01. The van der Waals surface area contributed by atoms with Crippen molar-refractivity contribution >= 4 is 0 Å². The molecule has 0 spiro atoms. The van der Waals surface area contributed by atoms with Crippen LogP contribution in [0.5, 0.6) is 0 Å². The lowest BCUT2D eigenvalue weighted by Crippen LogP contribution is -2.10. The second-order valence-electron chi connectivity index (χ2n) is 5.01. The van der Waals surface area contributed by atoms with Crippen molar-refractivity contribution in [3.8, 4) is 0 Å². The van der Waals surface area contributed by atoms with Crippen LogP contribution in [0, 0.1) is 11.3 Å². The SMILES string of the molecule is C.CC.CCCCC(C)CC(C)(C)C. The van der Waals surface area contributed by atoms with Crippen molar-refractivity contribution in [2.24, 2.45) is 11.3 Å². The molecular weight excluding hydrogens is 168 g/mol. The summed E-state index contributed by atoms with van der Waals surface area (Å²) in [6.45, 7) is 15.6. The molecule has 14 heavy (non-hydrogen) atoms. The van der Waals surface area contributed by atoms with Gasteiger partial charge in [0, 0.05) is 0 Å². The first-order chi connectivity index (χ1) is 5.95. The van der Waals surface area contributed by atoms with Crippen molar-refractivity contribution in [1.29, 1.82) is 0 Å². The maximum atomic E-state index is 2.38. The lowest BCUT2D eigenvalue weighted by atomic mass is 9.83. The summed E-state index contributed by atoms with van der Waals surface area (Å²) in [6.07, 6.45) is 5.52. The highest BCUT2D eigenvalue weighted by Crippen LogP contribution is 2.26. The first-order valence-corrected chi connectivity index (χ1v) is 5.95. The van der Waals surface area contributed by atoms with Crippen LogP contribution >= 0.6 is 0 Å². The highest BCUT2D eigenvalue weighted by atomic mass is 14.2. The van der Waals surface area contributed by atoms with E-state index in [1.165, 1.54) is 25.7 Å². The Morgan fingerprint density at radius 2 is 1.50 bits per heavy atom. The minimum atomic E-state index is 0. The van der Waals surface area contributed by atoms with Gasteiger partial charge in [0.2, 0.25) is 0 Å². The molecule has 0 rings (SSSR count). The number of unbranched alkanes of at least 4 members (excludes halogenated alkanes) is 1. The third kappa shape index (κ3) is 17.9. The van der Waals surface area contributed by atoms with Crippen molar-refractivity contribution in [1.82, 2.24) is 0 Å². The lowest BCUT2D eigenvalue weighted by molar-refractivity contribution is 0.293. The normalized spacial score (nSPS) is 12.2. The molecule has 90 valence electrons. The van der Waals surface area contributed by atoms with E-state index in [9.17, 15) is 0 Å². The molecule has 0 N–H and O–H groups in total. The monoisotopic (exact) mass is 202 g/mol. The van der Waals surface area contributed by atoms with Crippen molar-refractivity contribution in [2.45, 2.75) is 81.6 Å². The van der Waals surface area contributed by atoms with Crippen LogP contribution in [0.1, 0.15) is 81.6 Å². The van der Waals surface area contributed by atoms with Gasteiger partial charge in [-0.2, -0.15) is 0 Å². The fourth-order valence-electron chi connectivity index (χ4n) is 1.70. The van der Waals surface area contributed by atoms with Gasteiger partial charge >= 0.3 is 0 Å². The van der Waals surface area contributed by atoms with Gasteiger partial charge in [0.05, 0.1) is 0 Å². The number of hydrogen-bond acceptors (Lipinski definition) is 0. The maximum absolute atomic E-state index is 2.38. The second-order valence-corrected chi connectivity index (χ2v) is 5.01. The molecule has 1 atom stereocenters. The first-order valence-electron chi connectivity index (χ1n) is 5.95. The van der Waals surface area contributed by atoms with Crippen LogP contribution in [-0.4, -0.2) is 0 Å². The van der Waals surface area contributed by atoms with Crippen molar-refractivity contribution in [2.75, 3.05) is 0 Å². The Balaban J connectivity index is -0.000000376. The molecule has 0 fully saturated rings. The van der Waals surface area contributed by atoms with E-state index >= 15 is 0 Å². The summed E-state index contributed by atoms with van der Waals surface area (Å²) in [6, 6.07) is 0. The van der Waals surface area contributed by atoms with Crippen molar-refractivity contribution in [3.05, 3.63) is 0 Å². The largest absolute Gasteiger partial charge is 0.0776 e. The van der Waals surface area contributed by atoms with Crippen LogP contribution in [-0.2, 0) is 0 Å². The van der Waals surface area contributed by atoms with Gasteiger partial charge in [-0.05, 0) is 17.8 Å². The van der Waals surface area contributed by atoms with Gasteiger partial charge in [0.25, 0.3) is 0 Å². The smallest absolute Gasteiger partial charge is 0.0380 e. The van der Waals surface area contributed by atoms with Gasteiger partial charge < -0.3 is 0 Å². The standard InChI is InChI=1S/C11H24.C2H6.CH4/c1-6-7-8-10(2)9-11(3,4)5;1-2;/h10H,6-9H2,1-5H3;1-2H3;1H4. The maximum Gasteiger partial charge on any atom is -0.0380 e.